The number of halogens is 1. The van der Waals surface area contributed by atoms with E-state index in [9.17, 15) is 4.79 Å². The van der Waals surface area contributed by atoms with Crippen molar-refractivity contribution in [1.82, 2.24) is 19.9 Å². The Balaban J connectivity index is 0.000000128. The van der Waals surface area contributed by atoms with Crippen molar-refractivity contribution < 1.29 is 0 Å². The number of thiophene rings is 2. The summed E-state index contributed by atoms with van der Waals surface area (Å²) in [5, 5.41) is 2.56. The fraction of sp³-hybridized carbons (Fsp3) is 0.455. The normalized spacial score (nSPS) is 20.5. The topological polar surface area (TPSA) is 71.5 Å². The number of fused-ring (bicyclic) bond motifs is 6. The number of nitrogens with one attached hydrogen (secondary N) is 1. The van der Waals surface area contributed by atoms with Gasteiger partial charge in [-0.3, -0.25) is 4.79 Å². The highest BCUT2D eigenvalue weighted by atomic mass is 35.5. The van der Waals surface area contributed by atoms with Gasteiger partial charge < -0.3 is 4.98 Å². The monoisotopic (exact) mass is 458 g/mol. The van der Waals surface area contributed by atoms with Gasteiger partial charge >= 0.3 is 0 Å². The third kappa shape index (κ3) is 3.57. The van der Waals surface area contributed by atoms with Gasteiger partial charge in [-0.2, -0.15) is 0 Å². The average Bonchev–Trinajstić information content (AvgIpc) is 3.26. The quantitative estimate of drug-likeness (QED) is 0.349. The van der Waals surface area contributed by atoms with Gasteiger partial charge in [-0.25, -0.2) is 15.0 Å². The molecule has 0 fully saturated rings. The minimum absolute atomic E-state index is 0.0204. The number of H-pyrrole nitrogens is 1. The zero-order chi connectivity index (χ0) is 20.8. The number of hydrogen-bond acceptors (Lipinski definition) is 6. The van der Waals surface area contributed by atoms with Crippen molar-refractivity contribution in [3.05, 3.63) is 49.0 Å². The molecule has 4 aromatic rings. The summed E-state index contributed by atoms with van der Waals surface area (Å²) in [6, 6.07) is 0. The molecule has 0 saturated heterocycles. The Bertz CT molecular complexity index is 1290. The molecule has 4 aromatic heterocycles. The van der Waals surface area contributed by atoms with Crippen LogP contribution in [0.25, 0.3) is 20.4 Å². The van der Waals surface area contributed by atoms with E-state index in [1.54, 1.807) is 29.0 Å². The minimum Gasteiger partial charge on any atom is -0.313 e. The Morgan fingerprint density at radius 1 is 0.933 bits per heavy atom. The van der Waals surface area contributed by atoms with Crippen molar-refractivity contribution in [3.8, 4) is 0 Å². The number of nitrogens with zero attached hydrogens (tertiary/aromatic N) is 3. The van der Waals surface area contributed by atoms with Crippen LogP contribution in [0.3, 0.4) is 0 Å². The molecular weight excluding hydrogens is 436 g/mol. The molecule has 0 saturated carbocycles. The number of aromatic nitrogens is 4. The van der Waals surface area contributed by atoms with Gasteiger partial charge in [0.2, 0.25) is 0 Å². The number of aromatic amines is 1. The highest BCUT2D eigenvalue weighted by Gasteiger charge is 2.23. The molecule has 0 aromatic carbocycles. The van der Waals surface area contributed by atoms with Gasteiger partial charge in [0.15, 0.2) is 0 Å². The summed E-state index contributed by atoms with van der Waals surface area (Å²) in [6.07, 6.45) is 9.93. The molecule has 8 heteroatoms. The lowest BCUT2D eigenvalue weighted by Crippen LogP contribution is -2.12. The summed E-state index contributed by atoms with van der Waals surface area (Å²) in [6.45, 7) is 4.57. The Morgan fingerprint density at radius 2 is 1.53 bits per heavy atom. The second-order valence-electron chi connectivity index (χ2n) is 8.46. The third-order valence-corrected chi connectivity index (χ3v) is 8.75. The lowest BCUT2D eigenvalue weighted by molar-refractivity contribution is 0.509. The number of aryl methyl sites for hydroxylation is 2. The molecule has 30 heavy (non-hydrogen) atoms. The van der Waals surface area contributed by atoms with E-state index < -0.39 is 0 Å². The lowest BCUT2D eigenvalue weighted by atomic mass is 9.89. The molecule has 1 N–H and O–H groups in total. The SMILES string of the molecule is CC1CCc2c(sc3nc[nH]c(=O)c23)C1.CC1CCc2c(sc3ncnc(Cl)c23)C1. The smallest absolute Gasteiger partial charge is 0.259 e. The van der Waals surface area contributed by atoms with E-state index in [4.69, 9.17) is 11.6 Å². The van der Waals surface area contributed by atoms with E-state index >= 15 is 0 Å². The Labute approximate surface area is 187 Å². The van der Waals surface area contributed by atoms with Gasteiger partial charge in [0.25, 0.3) is 5.56 Å². The summed E-state index contributed by atoms with van der Waals surface area (Å²) >= 11 is 9.60. The molecule has 2 aliphatic rings. The van der Waals surface area contributed by atoms with E-state index in [-0.39, 0.29) is 5.56 Å². The Hall–Kier alpha value is -1.83. The van der Waals surface area contributed by atoms with Crippen LogP contribution in [0.15, 0.2) is 17.4 Å². The Morgan fingerprint density at radius 3 is 2.20 bits per heavy atom. The summed E-state index contributed by atoms with van der Waals surface area (Å²) in [4.78, 5) is 31.7. The largest absolute Gasteiger partial charge is 0.313 e. The molecule has 6 rings (SSSR count). The first-order valence-corrected chi connectivity index (χ1v) is 12.4. The van der Waals surface area contributed by atoms with E-state index in [2.05, 4.69) is 33.8 Å². The van der Waals surface area contributed by atoms with Crippen molar-refractivity contribution in [3.63, 3.8) is 0 Å². The first-order chi connectivity index (χ1) is 14.5. The van der Waals surface area contributed by atoms with E-state index in [1.807, 2.05) is 0 Å². The van der Waals surface area contributed by atoms with Crippen LogP contribution in [-0.4, -0.2) is 19.9 Å². The van der Waals surface area contributed by atoms with Crippen molar-refractivity contribution >= 4 is 54.7 Å². The van der Waals surface area contributed by atoms with Crippen LogP contribution in [0, 0.1) is 11.8 Å². The predicted octanol–water partition coefficient (Wildman–Crippen LogP) is 5.58. The molecular formula is C22H23ClN4OS2. The highest BCUT2D eigenvalue weighted by molar-refractivity contribution is 7.19. The zero-order valence-electron chi connectivity index (χ0n) is 17.0. The Kier molecular flexibility index (Phi) is 5.37. The van der Waals surface area contributed by atoms with Crippen molar-refractivity contribution in [1.29, 1.82) is 0 Å². The van der Waals surface area contributed by atoms with Gasteiger partial charge in [-0.15, -0.1) is 22.7 Å². The second-order valence-corrected chi connectivity index (χ2v) is 11.0. The van der Waals surface area contributed by atoms with Gasteiger partial charge in [0, 0.05) is 9.75 Å². The van der Waals surface area contributed by atoms with Crippen LogP contribution in [0.2, 0.25) is 5.15 Å². The van der Waals surface area contributed by atoms with Gasteiger partial charge in [-0.05, 0) is 61.5 Å². The maximum atomic E-state index is 11.7. The third-order valence-electron chi connectivity index (χ3n) is 6.14. The minimum atomic E-state index is 0.0204. The average molecular weight is 459 g/mol. The van der Waals surface area contributed by atoms with Gasteiger partial charge in [0.1, 0.15) is 21.1 Å². The molecule has 2 atom stereocenters. The van der Waals surface area contributed by atoms with Gasteiger partial charge in [-0.1, -0.05) is 25.4 Å². The fourth-order valence-electron chi connectivity index (χ4n) is 4.52. The zero-order valence-corrected chi connectivity index (χ0v) is 19.4. The van der Waals surface area contributed by atoms with Gasteiger partial charge in [0.05, 0.1) is 17.1 Å². The van der Waals surface area contributed by atoms with Crippen LogP contribution in [-0.2, 0) is 25.7 Å². The van der Waals surface area contributed by atoms with Crippen molar-refractivity contribution in [2.45, 2.75) is 52.4 Å². The number of rotatable bonds is 0. The predicted molar refractivity (Wildman–Crippen MR) is 125 cm³/mol. The highest BCUT2D eigenvalue weighted by Crippen LogP contribution is 2.39. The van der Waals surface area contributed by atoms with E-state index in [0.29, 0.717) is 5.15 Å². The molecule has 0 bridgehead atoms. The summed E-state index contributed by atoms with van der Waals surface area (Å²) in [7, 11) is 0. The molecule has 0 spiro atoms. The van der Waals surface area contributed by atoms with Crippen LogP contribution in [0.4, 0.5) is 0 Å². The second kappa shape index (κ2) is 8.02. The van der Waals surface area contributed by atoms with Crippen LogP contribution in [0.1, 0.15) is 47.6 Å². The molecule has 4 heterocycles. The molecule has 5 nitrogen and oxygen atoms in total. The first-order valence-electron chi connectivity index (χ1n) is 10.4. The molecule has 0 amide bonds. The molecule has 2 aliphatic carbocycles. The van der Waals surface area contributed by atoms with Crippen LogP contribution < -0.4 is 5.56 Å². The molecule has 0 radical (unpaired) electrons. The molecule has 2 unspecified atom stereocenters. The lowest BCUT2D eigenvalue weighted by Gasteiger charge is -2.17. The standard InChI is InChI=1S/C11H11ClN2S.C11H12N2OS/c1-6-2-3-7-8(4-6)15-11-9(7)10(12)13-5-14-11;1-6-2-3-7-8(4-6)15-11-9(7)10(14)12-5-13-11/h5-6H,2-4H2,1H3;5-6H,2-4H2,1H3,(H,12,13,14). The fourth-order valence-corrected chi connectivity index (χ4v) is 7.53. The van der Waals surface area contributed by atoms with E-state index in [0.717, 1.165) is 51.5 Å². The van der Waals surface area contributed by atoms with Crippen LogP contribution >= 0.6 is 34.3 Å². The first kappa shape index (κ1) is 20.1. The van der Waals surface area contributed by atoms with Crippen molar-refractivity contribution in [2.24, 2.45) is 11.8 Å². The summed E-state index contributed by atoms with van der Waals surface area (Å²) < 4.78 is 0. The summed E-state index contributed by atoms with van der Waals surface area (Å²) in [5.41, 5.74) is 2.67. The molecule has 156 valence electrons. The maximum absolute atomic E-state index is 11.7. The van der Waals surface area contributed by atoms with Crippen LogP contribution in [0.5, 0.6) is 0 Å². The molecule has 0 aliphatic heterocycles. The van der Waals surface area contributed by atoms with Crippen molar-refractivity contribution in [2.75, 3.05) is 0 Å². The number of hydrogen-bond donors (Lipinski definition) is 1. The summed E-state index contributed by atoms with van der Waals surface area (Å²) in [5.74, 6) is 1.53. The van der Waals surface area contributed by atoms with E-state index in [1.165, 1.54) is 46.5 Å². The maximum Gasteiger partial charge on any atom is 0.259 e.